The van der Waals surface area contributed by atoms with Gasteiger partial charge in [0.2, 0.25) is 5.82 Å². The third kappa shape index (κ3) is 2.30. The van der Waals surface area contributed by atoms with E-state index >= 15 is 0 Å². The molecule has 1 aliphatic rings. The van der Waals surface area contributed by atoms with Crippen molar-refractivity contribution in [2.45, 2.75) is 26.2 Å². The normalized spacial score (nSPS) is 15.4. The second-order valence-electron chi connectivity index (χ2n) is 5.75. The molecule has 0 amide bonds. The number of pyridine rings is 1. The van der Waals surface area contributed by atoms with Crippen LogP contribution in [0.2, 0.25) is 0 Å². The van der Waals surface area contributed by atoms with Crippen molar-refractivity contribution >= 4 is 11.5 Å². The molecule has 22 heavy (non-hydrogen) atoms. The monoisotopic (exact) mass is 294 g/mol. The minimum Gasteiger partial charge on any atom is -0.355 e. The molecule has 1 fully saturated rings. The lowest BCUT2D eigenvalue weighted by Crippen LogP contribution is -2.30. The number of hydrogen-bond donors (Lipinski definition) is 0. The number of anilines is 1. The average molecular weight is 294 g/mol. The maximum Gasteiger partial charge on any atom is 0.203 e. The molecule has 0 aromatic carbocycles. The van der Waals surface area contributed by atoms with Gasteiger partial charge in [0.05, 0.1) is 0 Å². The summed E-state index contributed by atoms with van der Waals surface area (Å²) in [5.41, 5.74) is 2.67. The molecule has 112 valence electrons. The minimum atomic E-state index is 0.689. The van der Waals surface area contributed by atoms with E-state index in [1.807, 2.05) is 37.4 Å². The van der Waals surface area contributed by atoms with Crippen molar-refractivity contribution < 1.29 is 0 Å². The van der Waals surface area contributed by atoms with Gasteiger partial charge in [-0.3, -0.25) is 4.98 Å². The Morgan fingerprint density at radius 3 is 2.59 bits per heavy atom. The first-order chi connectivity index (χ1) is 10.8. The summed E-state index contributed by atoms with van der Waals surface area (Å²) in [5.74, 6) is 1.68. The fourth-order valence-electron chi connectivity index (χ4n) is 2.83. The number of nitrogens with zero attached hydrogens (tertiary/aromatic N) is 6. The number of rotatable bonds is 2. The van der Waals surface area contributed by atoms with Crippen molar-refractivity contribution in [2.75, 3.05) is 18.0 Å². The molecule has 3 aromatic rings. The Balaban J connectivity index is 1.77. The van der Waals surface area contributed by atoms with Crippen molar-refractivity contribution in [3.05, 3.63) is 36.0 Å². The van der Waals surface area contributed by atoms with Gasteiger partial charge in [-0.25, -0.2) is 0 Å². The van der Waals surface area contributed by atoms with Crippen LogP contribution >= 0.6 is 0 Å². The van der Waals surface area contributed by atoms with Gasteiger partial charge in [0.25, 0.3) is 0 Å². The second-order valence-corrected chi connectivity index (χ2v) is 5.75. The van der Waals surface area contributed by atoms with Crippen LogP contribution in [-0.4, -0.2) is 37.9 Å². The first kappa shape index (κ1) is 13.2. The van der Waals surface area contributed by atoms with Gasteiger partial charge in [-0.2, -0.15) is 4.52 Å². The van der Waals surface area contributed by atoms with Crippen LogP contribution in [-0.2, 0) is 0 Å². The third-order valence-corrected chi connectivity index (χ3v) is 4.07. The lowest BCUT2D eigenvalue weighted by Gasteiger charge is -2.27. The van der Waals surface area contributed by atoms with Crippen LogP contribution in [0.25, 0.3) is 17.2 Å². The zero-order chi connectivity index (χ0) is 14.9. The SMILES string of the molecule is Cc1ccc(-c2nnc3ccc(N4CCCCC4)nn23)nc1. The van der Waals surface area contributed by atoms with Gasteiger partial charge in [-0.05, 0) is 49.9 Å². The van der Waals surface area contributed by atoms with E-state index in [0.29, 0.717) is 5.82 Å². The molecule has 0 radical (unpaired) electrons. The molecule has 0 unspecified atom stereocenters. The highest BCUT2D eigenvalue weighted by Crippen LogP contribution is 2.20. The molecule has 4 rings (SSSR count). The Kier molecular flexibility index (Phi) is 3.21. The van der Waals surface area contributed by atoms with E-state index in [1.165, 1.54) is 19.3 Å². The molecule has 6 heteroatoms. The van der Waals surface area contributed by atoms with E-state index in [1.54, 1.807) is 4.52 Å². The van der Waals surface area contributed by atoms with Crippen molar-refractivity contribution in [3.63, 3.8) is 0 Å². The molecule has 1 saturated heterocycles. The standard InChI is InChI=1S/C16H18N6/c1-12-5-6-13(17-11-12)16-19-18-14-7-8-15(20-22(14)16)21-9-3-2-4-10-21/h5-8,11H,2-4,9-10H2,1H3. The molecular formula is C16H18N6. The predicted octanol–water partition coefficient (Wildman–Crippen LogP) is 2.49. The highest BCUT2D eigenvalue weighted by molar-refractivity contribution is 5.56. The molecule has 0 saturated carbocycles. The summed E-state index contributed by atoms with van der Waals surface area (Å²) < 4.78 is 1.79. The van der Waals surface area contributed by atoms with E-state index in [9.17, 15) is 0 Å². The summed E-state index contributed by atoms with van der Waals surface area (Å²) in [6, 6.07) is 7.99. The molecule has 0 spiro atoms. The number of aryl methyl sites for hydroxylation is 1. The summed E-state index contributed by atoms with van der Waals surface area (Å²) in [5, 5.41) is 13.2. The van der Waals surface area contributed by atoms with E-state index < -0.39 is 0 Å². The number of aromatic nitrogens is 5. The molecule has 0 aliphatic carbocycles. The first-order valence-corrected chi connectivity index (χ1v) is 7.72. The van der Waals surface area contributed by atoms with Gasteiger partial charge in [0.1, 0.15) is 11.5 Å². The van der Waals surface area contributed by atoms with Gasteiger partial charge >= 0.3 is 0 Å². The van der Waals surface area contributed by atoms with Crippen LogP contribution < -0.4 is 4.90 Å². The van der Waals surface area contributed by atoms with Crippen molar-refractivity contribution in [1.29, 1.82) is 0 Å². The van der Waals surface area contributed by atoms with E-state index in [4.69, 9.17) is 5.10 Å². The van der Waals surface area contributed by atoms with Crippen molar-refractivity contribution in [3.8, 4) is 11.5 Å². The number of fused-ring (bicyclic) bond motifs is 1. The molecule has 3 aromatic heterocycles. The van der Waals surface area contributed by atoms with Gasteiger partial charge in [-0.15, -0.1) is 15.3 Å². The van der Waals surface area contributed by atoms with Gasteiger partial charge in [0, 0.05) is 19.3 Å². The molecule has 6 nitrogen and oxygen atoms in total. The molecule has 0 atom stereocenters. The Morgan fingerprint density at radius 1 is 0.955 bits per heavy atom. The summed E-state index contributed by atoms with van der Waals surface area (Å²) in [7, 11) is 0. The van der Waals surface area contributed by atoms with E-state index in [2.05, 4.69) is 20.1 Å². The Labute approximate surface area is 128 Å². The highest BCUT2D eigenvalue weighted by atomic mass is 15.4. The number of hydrogen-bond acceptors (Lipinski definition) is 5. The number of piperidine rings is 1. The smallest absolute Gasteiger partial charge is 0.203 e. The lowest BCUT2D eigenvalue weighted by atomic mass is 10.1. The van der Waals surface area contributed by atoms with Crippen LogP contribution in [0.1, 0.15) is 24.8 Å². The third-order valence-electron chi connectivity index (χ3n) is 4.07. The molecule has 1 aliphatic heterocycles. The zero-order valence-electron chi connectivity index (χ0n) is 12.6. The summed E-state index contributed by atoms with van der Waals surface area (Å²) >= 11 is 0. The Hall–Kier alpha value is -2.50. The molecule has 0 N–H and O–H groups in total. The minimum absolute atomic E-state index is 0.689. The first-order valence-electron chi connectivity index (χ1n) is 7.72. The van der Waals surface area contributed by atoms with Gasteiger partial charge in [-0.1, -0.05) is 6.07 Å². The van der Waals surface area contributed by atoms with Crippen LogP contribution in [0.3, 0.4) is 0 Å². The second kappa shape index (κ2) is 5.36. The van der Waals surface area contributed by atoms with Crippen molar-refractivity contribution in [1.82, 2.24) is 24.8 Å². The molecular weight excluding hydrogens is 276 g/mol. The maximum absolute atomic E-state index is 4.74. The Morgan fingerprint density at radius 2 is 1.82 bits per heavy atom. The van der Waals surface area contributed by atoms with Crippen LogP contribution in [0.5, 0.6) is 0 Å². The highest BCUT2D eigenvalue weighted by Gasteiger charge is 2.15. The fraction of sp³-hybridized carbons (Fsp3) is 0.375. The van der Waals surface area contributed by atoms with Crippen molar-refractivity contribution in [2.24, 2.45) is 0 Å². The van der Waals surface area contributed by atoms with Crippen LogP contribution in [0.15, 0.2) is 30.5 Å². The predicted molar refractivity (Wildman–Crippen MR) is 84.8 cm³/mol. The van der Waals surface area contributed by atoms with E-state index in [-0.39, 0.29) is 0 Å². The fourth-order valence-corrected chi connectivity index (χ4v) is 2.83. The van der Waals surface area contributed by atoms with Gasteiger partial charge < -0.3 is 4.90 Å². The quantitative estimate of drug-likeness (QED) is 0.726. The zero-order valence-corrected chi connectivity index (χ0v) is 12.6. The Bertz CT molecular complexity index is 786. The largest absolute Gasteiger partial charge is 0.355 e. The van der Waals surface area contributed by atoms with E-state index in [0.717, 1.165) is 35.8 Å². The molecule has 4 heterocycles. The lowest BCUT2D eigenvalue weighted by molar-refractivity contribution is 0.570. The molecule has 0 bridgehead atoms. The van der Waals surface area contributed by atoms with Gasteiger partial charge in [0.15, 0.2) is 5.65 Å². The van der Waals surface area contributed by atoms with Crippen LogP contribution in [0.4, 0.5) is 5.82 Å². The summed E-state index contributed by atoms with van der Waals surface area (Å²) in [6.45, 7) is 4.16. The van der Waals surface area contributed by atoms with Crippen LogP contribution in [0, 0.1) is 6.92 Å². The maximum atomic E-state index is 4.74. The summed E-state index contributed by atoms with van der Waals surface area (Å²) in [6.07, 6.45) is 5.61. The topological polar surface area (TPSA) is 59.2 Å². The summed E-state index contributed by atoms with van der Waals surface area (Å²) in [4.78, 5) is 6.76. The average Bonchev–Trinajstić information content (AvgIpc) is 2.99.